The first kappa shape index (κ1) is 15.3. The van der Waals surface area contributed by atoms with Crippen LogP contribution in [0.15, 0.2) is 54.6 Å². The van der Waals surface area contributed by atoms with Crippen LogP contribution >= 0.6 is 0 Å². The summed E-state index contributed by atoms with van der Waals surface area (Å²) in [6.45, 7) is 2.12. The van der Waals surface area contributed by atoms with Crippen LogP contribution in [0.1, 0.15) is 40.4 Å². The van der Waals surface area contributed by atoms with Gasteiger partial charge in [-0.3, -0.25) is 4.79 Å². The molecule has 0 aromatic heterocycles. The molecular weight excluding hydrogens is 262 g/mol. The van der Waals surface area contributed by atoms with Crippen molar-refractivity contribution in [3.05, 3.63) is 71.3 Å². The summed E-state index contributed by atoms with van der Waals surface area (Å²) in [7, 11) is 0. The minimum Gasteiger partial charge on any atom is -0.396 e. The SMILES string of the molecule is Cc1ccc(C(=O)NC(CCCO)c2ccccc2)cc1. The molecule has 0 radical (unpaired) electrons. The molecule has 2 rings (SSSR count). The standard InChI is InChI=1S/C18H21NO2/c1-14-9-11-16(12-10-14)18(21)19-17(8-5-13-20)15-6-3-2-4-7-15/h2-4,6-7,9-12,17,20H,5,8,13H2,1H3,(H,19,21). The number of nitrogens with one attached hydrogen (secondary N) is 1. The Kier molecular flexibility index (Phi) is 5.52. The Labute approximate surface area is 125 Å². The molecule has 1 unspecified atom stereocenters. The van der Waals surface area contributed by atoms with Gasteiger partial charge in [0.2, 0.25) is 0 Å². The molecule has 1 amide bonds. The van der Waals surface area contributed by atoms with Crippen molar-refractivity contribution in [2.75, 3.05) is 6.61 Å². The van der Waals surface area contributed by atoms with Crippen molar-refractivity contribution in [3.8, 4) is 0 Å². The lowest BCUT2D eigenvalue weighted by atomic mass is 10.0. The maximum absolute atomic E-state index is 12.3. The van der Waals surface area contributed by atoms with Crippen LogP contribution in [0.3, 0.4) is 0 Å². The van der Waals surface area contributed by atoms with E-state index in [4.69, 9.17) is 5.11 Å². The Bertz CT molecular complexity index is 564. The van der Waals surface area contributed by atoms with E-state index >= 15 is 0 Å². The Balaban J connectivity index is 2.11. The number of carbonyl (C=O) groups excluding carboxylic acids is 1. The summed E-state index contributed by atoms with van der Waals surface area (Å²) in [4.78, 5) is 12.3. The molecule has 0 saturated heterocycles. The monoisotopic (exact) mass is 283 g/mol. The van der Waals surface area contributed by atoms with Crippen LogP contribution in [-0.2, 0) is 0 Å². The van der Waals surface area contributed by atoms with Crippen LogP contribution in [0.4, 0.5) is 0 Å². The van der Waals surface area contributed by atoms with E-state index < -0.39 is 0 Å². The highest BCUT2D eigenvalue weighted by molar-refractivity contribution is 5.94. The number of rotatable bonds is 6. The second kappa shape index (κ2) is 7.60. The van der Waals surface area contributed by atoms with E-state index in [0.29, 0.717) is 12.0 Å². The molecule has 21 heavy (non-hydrogen) atoms. The van der Waals surface area contributed by atoms with Crippen molar-refractivity contribution in [2.24, 2.45) is 0 Å². The van der Waals surface area contributed by atoms with E-state index in [1.807, 2.05) is 61.5 Å². The number of amides is 1. The molecule has 0 saturated carbocycles. The summed E-state index contributed by atoms with van der Waals surface area (Å²) in [6.07, 6.45) is 1.38. The minimum atomic E-state index is -0.0817. The van der Waals surface area contributed by atoms with E-state index in [2.05, 4.69) is 5.32 Å². The molecule has 0 fully saturated rings. The molecule has 0 aliphatic carbocycles. The van der Waals surface area contributed by atoms with Gasteiger partial charge in [0.25, 0.3) is 5.91 Å². The highest BCUT2D eigenvalue weighted by Crippen LogP contribution is 2.19. The zero-order valence-corrected chi connectivity index (χ0v) is 12.3. The van der Waals surface area contributed by atoms with Crippen LogP contribution in [0.25, 0.3) is 0 Å². The first-order valence-corrected chi connectivity index (χ1v) is 7.24. The lowest BCUT2D eigenvalue weighted by Crippen LogP contribution is -2.28. The van der Waals surface area contributed by atoms with Crippen LogP contribution in [0, 0.1) is 6.92 Å². The Hall–Kier alpha value is -2.13. The number of hydrogen-bond acceptors (Lipinski definition) is 2. The highest BCUT2D eigenvalue weighted by atomic mass is 16.3. The normalized spacial score (nSPS) is 11.9. The number of hydrogen-bond donors (Lipinski definition) is 2. The molecular formula is C18H21NO2. The Morgan fingerprint density at radius 3 is 2.38 bits per heavy atom. The van der Waals surface area contributed by atoms with Crippen molar-refractivity contribution >= 4 is 5.91 Å². The molecule has 2 aromatic carbocycles. The fourth-order valence-corrected chi connectivity index (χ4v) is 2.25. The molecule has 3 nitrogen and oxygen atoms in total. The predicted molar refractivity (Wildman–Crippen MR) is 84.1 cm³/mol. The van der Waals surface area contributed by atoms with Gasteiger partial charge in [0.05, 0.1) is 6.04 Å². The summed E-state index contributed by atoms with van der Waals surface area (Å²) in [5, 5.41) is 12.1. The summed E-state index contributed by atoms with van der Waals surface area (Å²) >= 11 is 0. The van der Waals surface area contributed by atoms with Crippen LogP contribution in [0.2, 0.25) is 0 Å². The van der Waals surface area contributed by atoms with Gasteiger partial charge in [-0.15, -0.1) is 0 Å². The zero-order chi connectivity index (χ0) is 15.1. The van der Waals surface area contributed by atoms with E-state index in [1.165, 1.54) is 0 Å². The number of aryl methyl sites for hydroxylation is 1. The first-order valence-electron chi connectivity index (χ1n) is 7.24. The molecule has 0 aliphatic heterocycles. The van der Waals surface area contributed by atoms with Gasteiger partial charge >= 0.3 is 0 Å². The van der Waals surface area contributed by atoms with E-state index in [0.717, 1.165) is 17.5 Å². The van der Waals surface area contributed by atoms with Crippen molar-refractivity contribution in [1.29, 1.82) is 0 Å². The summed E-state index contributed by atoms with van der Waals surface area (Å²) in [5.74, 6) is -0.0817. The smallest absolute Gasteiger partial charge is 0.251 e. The largest absolute Gasteiger partial charge is 0.396 e. The topological polar surface area (TPSA) is 49.3 Å². The molecule has 2 aromatic rings. The average molecular weight is 283 g/mol. The maximum Gasteiger partial charge on any atom is 0.251 e. The molecule has 1 atom stereocenters. The third-order valence-electron chi connectivity index (χ3n) is 3.47. The van der Waals surface area contributed by atoms with E-state index in [-0.39, 0.29) is 18.6 Å². The molecule has 0 aliphatic rings. The molecule has 110 valence electrons. The molecule has 0 heterocycles. The number of benzene rings is 2. The van der Waals surface area contributed by atoms with Gasteiger partial charge in [0.15, 0.2) is 0 Å². The van der Waals surface area contributed by atoms with Crippen molar-refractivity contribution in [3.63, 3.8) is 0 Å². The summed E-state index contributed by atoms with van der Waals surface area (Å²) in [6, 6.07) is 17.3. The Morgan fingerprint density at radius 2 is 1.76 bits per heavy atom. The van der Waals surface area contributed by atoms with Crippen molar-refractivity contribution in [1.82, 2.24) is 5.32 Å². The van der Waals surface area contributed by atoms with Gasteiger partial charge in [-0.05, 0) is 37.5 Å². The minimum absolute atomic E-state index is 0.0767. The van der Waals surface area contributed by atoms with Crippen molar-refractivity contribution in [2.45, 2.75) is 25.8 Å². The van der Waals surface area contributed by atoms with E-state index in [9.17, 15) is 4.79 Å². The lowest BCUT2D eigenvalue weighted by Gasteiger charge is -2.19. The zero-order valence-electron chi connectivity index (χ0n) is 12.3. The molecule has 3 heteroatoms. The molecule has 2 N–H and O–H groups in total. The van der Waals surface area contributed by atoms with Gasteiger partial charge in [-0.25, -0.2) is 0 Å². The fourth-order valence-electron chi connectivity index (χ4n) is 2.25. The fraction of sp³-hybridized carbons (Fsp3) is 0.278. The highest BCUT2D eigenvalue weighted by Gasteiger charge is 2.15. The third-order valence-corrected chi connectivity index (χ3v) is 3.47. The van der Waals surface area contributed by atoms with Gasteiger partial charge in [0, 0.05) is 12.2 Å². The second-order valence-corrected chi connectivity index (χ2v) is 5.17. The Morgan fingerprint density at radius 1 is 1.10 bits per heavy atom. The third kappa shape index (κ3) is 4.43. The maximum atomic E-state index is 12.3. The van der Waals surface area contributed by atoms with E-state index in [1.54, 1.807) is 0 Å². The van der Waals surface area contributed by atoms with Gasteiger partial charge in [0.1, 0.15) is 0 Å². The van der Waals surface area contributed by atoms with Crippen LogP contribution < -0.4 is 5.32 Å². The number of aliphatic hydroxyl groups is 1. The van der Waals surface area contributed by atoms with Gasteiger partial charge in [-0.2, -0.15) is 0 Å². The first-order chi connectivity index (χ1) is 10.2. The van der Waals surface area contributed by atoms with Gasteiger partial charge < -0.3 is 10.4 Å². The number of aliphatic hydroxyl groups excluding tert-OH is 1. The van der Waals surface area contributed by atoms with Crippen LogP contribution in [-0.4, -0.2) is 17.6 Å². The lowest BCUT2D eigenvalue weighted by molar-refractivity contribution is 0.0932. The molecule has 0 spiro atoms. The van der Waals surface area contributed by atoms with Gasteiger partial charge in [-0.1, -0.05) is 48.0 Å². The number of carbonyl (C=O) groups is 1. The summed E-state index contributed by atoms with van der Waals surface area (Å²) < 4.78 is 0. The van der Waals surface area contributed by atoms with Crippen molar-refractivity contribution < 1.29 is 9.90 Å². The molecule has 0 bridgehead atoms. The second-order valence-electron chi connectivity index (χ2n) is 5.17. The van der Waals surface area contributed by atoms with Crippen LogP contribution in [0.5, 0.6) is 0 Å². The quantitative estimate of drug-likeness (QED) is 0.855. The summed E-state index contributed by atoms with van der Waals surface area (Å²) in [5.41, 5.74) is 2.85. The average Bonchev–Trinajstić information content (AvgIpc) is 2.52. The predicted octanol–water partition coefficient (Wildman–Crippen LogP) is 3.24.